The first-order chi connectivity index (χ1) is 26.5. The molecule has 0 bridgehead atoms. The summed E-state index contributed by atoms with van der Waals surface area (Å²) in [6, 6.07) is 69.4. The van der Waals surface area contributed by atoms with Crippen LogP contribution in [0.3, 0.4) is 0 Å². The zero-order chi connectivity index (χ0) is 36.0. The number of furan rings is 1. The standard InChI is InChI=1S/C51H37NOSi/c1-54(2)48-26-13-9-19-40(48)41-32-31-37(33-49(41)54)52(45-23-14-25-47-50(45)42-20-8-12-24-46(42)53-47)36-29-27-35(28-30-36)51(34-15-4-3-5-16-34)43-21-10-6-17-38(43)39-18-7-11-22-44(39)51/h3-33H,1-2H3. The van der Waals surface area contributed by atoms with Crippen LogP contribution in [0.25, 0.3) is 44.2 Å². The predicted octanol–water partition coefficient (Wildman–Crippen LogP) is 12.2. The maximum absolute atomic E-state index is 6.46. The summed E-state index contributed by atoms with van der Waals surface area (Å²) in [6.45, 7) is 4.98. The molecule has 2 aliphatic rings. The molecule has 0 saturated carbocycles. The van der Waals surface area contributed by atoms with Gasteiger partial charge in [-0.1, -0.05) is 159 Å². The van der Waals surface area contributed by atoms with Gasteiger partial charge in [0.1, 0.15) is 19.2 Å². The van der Waals surface area contributed by atoms with Gasteiger partial charge < -0.3 is 9.32 Å². The van der Waals surface area contributed by atoms with Gasteiger partial charge in [-0.3, -0.25) is 0 Å². The number of para-hydroxylation sites is 1. The number of benzene rings is 8. The molecule has 0 atom stereocenters. The molecule has 1 aromatic heterocycles. The van der Waals surface area contributed by atoms with E-state index in [-0.39, 0.29) is 0 Å². The molecule has 0 N–H and O–H groups in total. The third kappa shape index (κ3) is 4.22. The molecule has 0 spiro atoms. The molecule has 0 radical (unpaired) electrons. The van der Waals surface area contributed by atoms with Gasteiger partial charge in [0.15, 0.2) is 0 Å². The Morgan fingerprint density at radius 2 is 1.02 bits per heavy atom. The zero-order valence-corrected chi connectivity index (χ0v) is 31.3. The average Bonchev–Trinajstić information content (AvgIpc) is 3.83. The van der Waals surface area contributed by atoms with Crippen molar-refractivity contribution >= 4 is 57.4 Å². The Morgan fingerprint density at radius 3 is 1.78 bits per heavy atom. The molecule has 2 nitrogen and oxygen atoms in total. The number of rotatable bonds is 5. The van der Waals surface area contributed by atoms with Crippen LogP contribution in [0.5, 0.6) is 0 Å². The quantitative estimate of drug-likeness (QED) is 0.166. The van der Waals surface area contributed by atoms with Crippen LogP contribution < -0.4 is 15.3 Å². The van der Waals surface area contributed by atoms with Crippen LogP contribution in [0.2, 0.25) is 13.1 Å². The molecule has 0 saturated heterocycles. The highest BCUT2D eigenvalue weighted by molar-refractivity contribution is 7.03. The molecule has 8 aromatic carbocycles. The first-order valence-corrected chi connectivity index (χ1v) is 21.9. The van der Waals surface area contributed by atoms with Crippen LogP contribution in [0.4, 0.5) is 17.1 Å². The number of fused-ring (bicyclic) bond motifs is 9. The largest absolute Gasteiger partial charge is 0.456 e. The number of hydrogen-bond donors (Lipinski definition) is 0. The SMILES string of the molecule is C[Si]1(C)c2ccccc2-c2ccc(N(c3ccc(C4(c5ccccc5)c5ccccc5-c5ccccc54)cc3)c3cccc4oc5ccccc5c34)cc21. The van der Waals surface area contributed by atoms with Gasteiger partial charge in [0.2, 0.25) is 0 Å². The van der Waals surface area contributed by atoms with Crippen LogP contribution in [-0.4, -0.2) is 8.07 Å². The van der Waals surface area contributed by atoms with E-state index < -0.39 is 13.5 Å². The summed E-state index contributed by atoms with van der Waals surface area (Å²) in [5.41, 5.74) is 15.2. The molecule has 2 heterocycles. The summed E-state index contributed by atoms with van der Waals surface area (Å²) in [5, 5.41) is 5.24. The summed E-state index contributed by atoms with van der Waals surface area (Å²) < 4.78 is 6.46. The molecule has 0 fully saturated rings. The lowest BCUT2D eigenvalue weighted by Crippen LogP contribution is -2.49. The van der Waals surface area contributed by atoms with Crippen molar-refractivity contribution in [2.45, 2.75) is 18.5 Å². The Balaban J connectivity index is 1.15. The average molecular weight is 708 g/mol. The summed E-state index contributed by atoms with van der Waals surface area (Å²) in [4.78, 5) is 2.45. The normalized spacial score (nSPS) is 14.4. The van der Waals surface area contributed by atoms with E-state index in [0.29, 0.717) is 0 Å². The Hall–Kier alpha value is -6.42. The van der Waals surface area contributed by atoms with Gasteiger partial charge in [-0.2, -0.15) is 0 Å². The Bertz CT molecular complexity index is 2880. The maximum atomic E-state index is 6.46. The molecule has 256 valence electrons. The Morgan fingerprint density at radius 1 is 0.444 bits per heavy atom. The number of hydrogen-bond acceptors (Lipinski definition) is 2. The topological polar surface area (TPSA) is 16.4 Å². The van der Waals surface area contributed by atoms with Crippen molar-refractivity contribution in [3.63, 3.8) is 0 Å². The zero-order valence-electron chi connectivity index (χ0n) is 30.3. The van der Waals surface area contributed by atoms with E-state index in [4.69, 9.17) is 4.42 Å². The van der Waals surface area contributed by atoms with Crippen LogP contribution in [0.15, 0.2) is 192 Å². The lowest BCUT2D eigenvalue weighted by atomic mass is 9.68. The second-order valence-corrected chi connectivity index (χ2v) is 19.6. The smallest absolute Gasteiger partial charge is 0.137 e. The van der Waals surface area contributed by atoms with E-state index in [1.54, 1.807) is 0 Å². The summed E-state index contributed by atoms with van der Waals surface area (Å²) in [7, 11) is -1.93. The van der Waals surface area contributed by atoms with E-state index in [1.807, 2.05) is 6.07 Å². The van der Waals surface area contributed by atoms with E-state index in [1.165, 1.54) is 54.9 Å². The summed E-state index contributed by atoms with van der Waals surface area (Å²) >= 11 is 0. The number of nitrogens with zero attached hydrogens (tertiary/aromatic N) is 1. The van der Waals surface area contributed by atoms with Crippen molar-refractivity contribution in [1.29, 1.82) is 0 Å². The van der Waals surface area contributed by atoms with Crippen molar-refractivity contribution in [3.8, 4) is 22.3 Å². The second-order valence-electron chi connectivity index (χ2n) is 15.2. The molecule has 0 amide bonds. The first-order valence-electron chi connectivity index (χ1n) is 18.9. The molecule has 1 aliphatic carbocycles. The summed E-state index contributed by atoms with van der Waals surface area (Å²) in [5.74, 6) is 0. The van der Waals surface area contributed by atoms with Gasteiger partial charge in [0, 0.05) is 16.8 Å². The lowest BCUT2D eigenvalue weighted by Gasteiger charge is -2.34. The third-order valence-electron chi connectivity index (χ3n) is 12.2. The van der Waals surface area contributed by atoms with E-state index in [0.717, 1.165) is 39.0 Å². The molecule has 9 aromatic rings. The van der Waals surface area contributed by atoms with Crippen LogP contribution in [0.1, 0.15) is 22.3 Å². The van der Waals surface area contributed by atoms with Crippen LogP contribution in [0, 0.1) is 0 Å². The fourth-order valence-electron chi connectivity index (χ4n) is 9.77. The van der Waals surface area contributed by atoms with Crippen molar-refractivity contribution in [2.24, 2.45) is 0 Å². The Labute approximate surface area is 316 Å². The van der Waals surface area contributed by atoms with Gasteiger partial charge in [0.25, 0.3) is 0 Å². The van der Waals surface area contributed by atoms with E-state index in [2.05, 4.69) is 200 Å². The maximum Gasteiger partial charge on any atom is 0.137 e. The van der Waals surface area contributed by atoms with Gasteiger partial charge in [-0.15, -0.1) is 0 Å². The van der Waals surface area contributed by atoms with Gasteiger partial charge >= 0.3 is 0 Å². The van der Waals surface area contributed by atoms with E-state index in [9.17, 15) is 0 Å². The van der Waals surface area contributed by atoms with Crippen molar-refractivity contribution in [3.05, 3.63) is 210 Å². The highest BCUT2D eigenvalue weighted by Gasteiger charge is 2.46. The molecule has 11 rings (SSSR count). The minimum absolute atomic E-state index is 0.451. The molecule has 0 unspecified atom stereocenters. The minimum atomic E-state index is -1.93. The third-order valence-corrected chi connectivity index (χ3v) is 15.7. The fourth-order valence-corrected chi connectivity index (χ4v) is 12.9. The summed E-state index contributed by atoms with van der Waals surface area (Å²) in [6.07, 6.45) is 0. The van der Waals surface area contributed by atoms with Crippen LogP contribution >= 0.6 is 0 Å². The lowest BCUT2D eigenvalue weighted by molar-refractivity contribution is 0.669. The number of anilines is 3. The molecule has 1 aliphatic heterocycles. The fraction of sp³-hybridized carbons (Fsp3) is 0.0588. The second kappa shape index (κ2) is 11.5. The molecule has 3 heteroatoms. The van der Waals surface area contributed by atoms with Gasteiger partial charge in [-0.05, 0) is 97.3 Å². The first kappa shape index (κ1) is 31.1. The highest BCUT2D eigenvalue weighted by Crippen LogP contribution is 2.56. The molecular weight excluding hydrogens is 671 g/mol. The predicted molar refractivity (Wildman–Crippen MR) is 228 cm³/mol. The Kier molecular flexibility index (Phi) is 6.65. The van der Waals surface area contributed by atoms with E-state index >= 15 is 0 Å². The van der Waals surface area contributed by atoms with Gasteiger partial charge in [0.05, 0.1) is 16.5 Å². The van der Waals surface area contributed by atoms with Crippen LogP contribution in [-0.2, 0) is 5.41 Å². The molecular formula is C51H37NOSi. The molecule has 54 heavy (non-hydrogen) atoms. The van der Waals surface area contributed by atoms with Crippen molar-refractivity contribution < 1.29 is 4.42 Å². The van der Waals surface area contributed by atoms with Crippen molar-refractivity contribution in [1.82, 2.24) is 0 Å². The minimum Gasteiger partial charge on any atom is -0.456 e. The monoisotopic (exact) mass is 707 g/mol. The highest BCUT2D eigenvalue weighted by atomic mass is 28.3. The van der Waals surface area contributed by atoms with Gasteiger partial charge in [-0.25, -0.2) is 0 Å². The van der Waals surface area contributed by atoms with Crippen molar-refractivity contribution in [2.75, 3.05) is 4.90 Å².